The number of esters is 1. The number of benzene rings is 2. The lowest BCUT2D eigenvalue weighted by Crippen LogP contribution is -2.65. The summed E-state index contributed by atoms with van der Waals surface area (Å²) >= 11 is 0. The van der Waals surface area contributed by atoms with Gasteiger partial charge in [0.25, 0.3) is 5.91 Å². The normalized spacial score (nSPS) is 25.7. The van der Waals surface area contributed by atoms with E-state index in [1.165, 1.54) is 40.8 Å². The van der Waals surface area contributed by atoms with Crippen LogP contribution in [0, 0.1) is 17.8 Å². The molecule has 0 spiro atoms. The topological polar surface area (TPSA) is 457 Å². The number of aromatic amines is 1. The van der Waals surface area contributed by atoms with Crippen LogP contribution in [-0.2, 0) is 59.1 Å². The fourth-order valence-electron chi connectivity index (χ4n) is 9.04. The lowest BCUT2D eigenvalue weighted by atomic mass is 9.95. The van der Waals surface area contributed by atoms with Crippen LogP contribution in [0.3, 0.4) is 0 Å². The number of amides is 9. The molecule has 0 bridgehead atoms. The quantitative estimate of drug-likeness (QED) is 0.0459. The number of carbonyl (C=O) groups is 10. The van der Waals surface area contributed by atoms with E-state index in [0.29, 0.717) is 22.9 Å². The van der Waals surface area contributed by atoms with Crippen molar-refractivity contribution in [3.8, 4) is 0 Å². The minimum atomic E-state index is -2.02. The number of H-pyrrole nitrogens is 1. The number of nitrogens with two attached hydrogens (primary N) is 2. The lowest BCUT2D eigenvalue weighted by molar-refractivity contribution is -0.160. The number of rotatable bonds is 17. The minimum absolute atomic E-state index is 0.0150. The highest BCUT2D eigenvalue weighted by Crippen LogP contribution is 2.27. The Morgan fingerprint density at radius 3 is 1.81 bits per heavy atom. The van der Waals surface area contributed by atoms with Crippen molar-refractivity contribution < 1.29 is 78.2 Å². The summed E-state index contributed by atoms with van der Waals surface area (Å²) in [6.07, 6.45) is -4.66. The summed E-state index contributed by atoms with van der Waals surface area (Å²) in [7, 11) is 0. The molecule has 0 saturated carbocycles. The molecule has 1 aromatic heterocycles. The number of aromatic nitrogens is 1. The second-order valence-electron chi connectivity index (χ2n) is 21.6. The molecule has 85 heavy (non-hydrogen) atoms. The molecular formula is C57H84N12O16. The van der Waals surface area contributed by atoms with Gasteiger partial charge in [0, 0.05) is 29.1 Å². The van der Waals surface area contributed by atoms with Gasteiger partial charge in [0.1, 0.15) is 66.2 Å². The zero-order valence-corrected chi connectivity index (χ0v) is 48.9. The number of allylic oxidation sites excluding steroid dienone is 1. The van der Waals surface area contributed by atoms with Crippen LogP contribution in [0.25, 0.3) is 10.9 Å². The Kier molecular flexibility index (Phi) is 27.0. The van der Waals surface area contributed by atoms with Gasteiger partial charge in [-0.3, -0.25) is 43.2 Å². The first-order valence-corrected chi connectivity index (χ1v) is 28.2. The van der Waals surface area contributed by atoms with E-state index in [1.807, 2.05) is 0 Å². The van der Waals surface area contributed by atoms with Crippen LogP contribution in [0.1, 0.15) is 91.9 Å². The van der Waals surface area contributed by atoms with Gasteiger partial charge in [-0.2, -0.15) is 0 Å². The van der Waals surface area contributed by atoms with Crippen molar-refractivity contribution in [2.75, 3.05) is 19.8 Å². The first-order valence-electron chi connectivity index (χ1n) is 28.2. The molecule has 4 rings (SSSR count). The molecule has 2 aromatic carbocycles. The summed E-state index contributed by atoms with van der Waals surface area (Å²) in [4.78, 5) is 146. The molecule has 1 aliphatic rings. The van der Waals surface area contributed by atoms with Crippen molar-refractivity contribution in [1.82, 2.24) is 52.8 Å². The number of aliphatic hydroxyl groups excluding tert-OH is 5. The third-order valence-electron chi connectivity index (χ3n) is 14.5. The summed E-state index contributed by atoms with van der Waals surface area (Å²) in [5, 5.41) is 77.1. The molecule has 28 heteroatoms. The van der Waals surface area contributed by atoms with E-state index in [-0.39, 0.29) is 31.4 Å². The summed E-state index contributed by atoms with van der Waals surface area (Å²) < 4.78 is 6.10. The van der Waals surface area contributed by atoms with Crippen molar-refractivity contribution in [3.05, 3.63) is 83.7 Å². The SMILES string of the molecule is CC=C1NC(=O)C([C@@H](O)C(C)C)NC(=O)[C@@H](CO)NC(=O)C([C@H](C)O)NC(=O)C(NC(=O)[C@H](N)[C@@H](C)CC)[C@@H](C(C)C)OC(=O)C(Cc2ccccc2)NC(=O)[C@H](CCCN)NC(=O)C([C@@H](O)c2c[nH]c3ccccc23)NC(=O)[C@H](CO)NC1=O. The predicted octanol–water partition coefficient (Wildman–Crippen LogP) is -3.58. The molecule has 3 aromatic rings. The molecule has 1 fully saturated rings. The highest BCUT2D eigenvalue weighted by atomic mass is 16.5. The van der Waals surface area contributed by atoms with Gasteiger partial charge in [-0.05, 0) is 62.6 Å². The summed E-state index contributed by atoms with van der Waals surface area (Å²) in [5.41, 5.74) is 12.7. The number of ether oxygens (including phenoxy) is 1. The van der Waals surface area contributed by atoms with Crippen molar-refractivity contribution in [2.24, 2.45) is 29.2 Å². The Morgan fingerprint density at radius 1 is 0.682 bits per heavy atom. The average Bonchev–Trinajstić information content (AvgIpc) is 3.29. The second kappa shape index (κ2) is 33.0. The van der Waals surface area contributed by atoms with Crippen molar-refractivity contribution >= 4 is 70.0 Å². The van der Waals surface area contributed by atoms with E-state index < -0.39 is 175 Å². The third kappa shape index (κ3) is 19.1. The van der Waals surface area contributed by atoms with Gasteiger partial charge in [-0.1, -0.05) is 103 Å². The number of hydrogen-bond donors (Lipinski definition) is 17. The van der Waals surface area contributed by atoms with Gasteiger partial charge in [0.15, 0.2) is 0 Å². The van der Waals surface area contributed by atoms with E-state index in [0.717, 1.165) is 13.0 Å². The fourth-order valence-corrected chi connectivity index (χ4v) is 9.04. The molecule has 1 aliphatic heterocycles. The number of fused-ring (bicyclic) bond motifs is 1. The molecule has 1 saturated heterocycles. The van der Waals surface area contributed by atoms with Crippen molar-refractivity contribution in [3.63, 3.8) is 0 Å². The maximum atomic E-state index is 14.8. The number of para-hydroxylation sites is 1. The van der Waals surface area contributed by atoms with Crippen LogP contribution >= 0.6 is 0 Å². The lowest BCUT2D eigenvalue weighted by Gasteiger charge is -2.34. The zero-order valence-electron chi connectivity index (χ0n) is 48.9. The third-order valence-corrected chi connectivity index (χ3v) is 14.5. The average molecular weight is 1190 g/mol. The number of carbonyl (C=O) groups excluding carboxylic acids is 10. The van der Waals surface area contributed by atoms with Gasteiger partial charge in [-0.15, -0.1) is 0 Å². The monoisotopic (exact) mass is 1190 g/mol. The Bertz CT molecular complexity index is 2830. The molecule has 19 N–H and O–H groups in total. The van der Waals surface area contributed by atoms with Crippen LogP contribution in [0.15, 0.2) is 72.6 Å². The van der Waals surface area contributed by atoms with Gasteiger partial charge in [0.2, 0.25) is 47.3 Å². The molecular weight excluding hydrogens is 1110 g/mol. The smallest absolute Gasteiger partial charge is 0.329 e. The second-order valence-corrected chi connectivity index (χ2v) is 21.6. The van der Waals surface area contributed by atoms with E-state index in [9.17, 15) is 73.5 Å². The van der Waals surface area contributed by atoms with Gasteiger partial charge >= 0.3 is 5.97 Å². The molecule has 5 unspecified atom stereocenters. The Balaban J connectivity index is 1.95. The van der Waals surface area contributed by atoms with E-state index in [1.54, 1.807) is 68.4 Å². The molecule has 9 amide bonds. The first kappa shape index (κ1) is 69.6. The molecule has 0 aliphatic carbocycles. The number of cyclic esters (lactones) is 1. The molecule has 14 atom stereocenters. The Labute approximate surface area is 492 Å². The molecule has 2 heterocycles. The summed E-state index contributed by atoms with van der Waals surface area (Å²) in [6, 6.07) is -1.37. The van der Waals surface area contributed by atoms with Crippen LogP contribution < -0.4 is 59.3 Å². The maximum Gasteiger partial charge on any atom is 0.329 e. The molecule has 0 radical (unpaired) electrons. The maximum absolute atomic E-state index is 14.8. The number of hydrogen-bond acceptors (Lipinski definition) is 18. The molecule has 468 valence electrons. The largest absolute Gasteiger partial charge is 0.458 e. The number of nitrogens with one attached hydrogen (secondary N) is 10. The highest BCUT2D eigenvalue weighted by molar-refractivity contribution is 6.03. The van der Waals surface area contributed by atoms with E-state index >= 15 is 0 Å². The van der Waals surface area contributed by atoms with Crippen LogP contribution in [0.2, 0.25) is 0 Å². The molecule has 28 nitrogen and oxygen atoms in total. The van der Waals surface area contributed by atoms with Gasteiger partial charge in [-0.25, -0.2) is 4.79 Å². The van der Waals surface area contributed by atoms with E-state index in [4.69, 9.17) is 16.2 Å². The highest BCUT2D eigenvalue weighted by Gasteiger charge is 2.43. The zero-order chi connectivity index (χ0) is 63.4. The minimum Gasteiger partial charge on any atom is -0.458 e. The van der Waals surface area contributed by atoms with Gasteiger partial charge < -0.3 is 94.6 Å². The standard InChI is InChI=1S/C57H84N12O16/c1-9-29(7)40(59)52(79)69-44-47(28(5)6)85-57(84)37(23-31-17-12-11-13-18-31)63-49(76)36(21-16-22-58)62-55(82)43(46(74)33-24-60-35-20-15-14-19-32(33)35)68-50(77)38(25-70)64-48(75)34(10-2)61-54(81)42(45(73)27(3)4)67-51(78)39(26-71)65-53(80)41(30(8)72)66-56(44)83/h10-15,17-20,24,27-30,36-47,60,70-74H,9,16,21-23,25-26,58-59H2,1-8H3,(H,61,81)(H,62,82)(H,63,76)(H,64,75)(H,65,80)(H,66,83)(H,67,78)(H,68,77)(H,69,79)/t29-,30-,36-,37?,38-,39+,40+,41?,42?,43?,44?,45-,46-,47+/m0/s1. The Hall–Kier alpha value is -7.86. The Morgan fingerprint density at radius 2 is 1.24 bits per heavy atom. The van der Waals surface area contributed by atoms with E-state index in [2.05, 4.69) is 52.8 Å². The van der Waals surface area contributed by atoms with Crippen LogP contribution in [0.5, 0.6) is 0 Å². The van der Waals surface area contributed by atoms with Crippen molar-refractivity contribution in [1.29, 1.82) is 0 Å². The summed E-state index contributed by atoms with van der Waals surface area (Å²) in [5.74, 6) is -14.0. The fraction of sp³-hybridized carbons (Fsp3) is 0.544. The van der Waals surface area contributed by atoms with Crippen LogP contribution in [-0.4, -0.2) is 182 Å². The summed E-state index contributed by atoms with van der Waals surface area (Å²) in [6.45, 7) is 9.46. The van der Waals surface area contributed by atoms with Crippen LogP contribution in [0.4, 0.5) is 0 Å². The predicted molar refractivity (Wildman–Crippen MR) is 308 cm³/mol. The first-order chi connectivity index (χ1) is 40.2. The van der Waals surface area contributed by atoms with Crippen molar-refractivity contribution in [2.45, 2.75) is 160 Å². The number of aliphatic hydroxyl groups is 5. The van der Waals surface area contributed by atoms with Gasteiger partial charge in [0.05, 0.1) is 31.5 Å².